The molecule has 10 aromatic rings. The van der Waals surface area contributed by atoms with Crippen LogP contribution < -0.4 is 0 Å². The van der Waals surface area contributed by atoms with Gasteiger partial charge in [0.15, 0.2) is 0 Å². The van der Waals surface area contributed by atoms with Crippen LogP contribution in [-0.4, -0.2) is 49.8 Å². The minimum atomic E-state index is -4.29. The molecule has 0 N–H and O–H groups in total. The van der Waals surface area contributed by atoms with Crippen LogP contribution in [0, 0.1) is 45.3 Å². The van der Waals surface area contributed by atoms with Crippen LogP contribution >= 0.6 is 11.6 Å². The van der Waals surface area contributed by atoms with E-state index < -0.39 is 17.7 Å². The highest BCUT2D eigenvalue weighted by Crippen LogP contribution is 2.29. The second-order valence-electron chi connectivity index (χ2n) is 27.3. The second kappa shape index (κ2) is 49.1. The first-order valence-corrected chi connectivity index (χ1v) is 35.3. The van der Waals surface area contributed by atoms with Crippen molar-refractivity contribution in [3.8, 4) is 0 Å². The summed E-state index contributed by atoms with van der Waals surface area (Å²) in [5.74, 6) is 3.45. The lowest BCUT2D eigenvalue weighted by Crippen LogP contribution is -2.06. The zero-order valence-corrected chi connectivity index (χ0v) is 65.5. The van der Waals surface area contributed by atoms with Crippen molar-refractivity contribution in [2.45, 2.75) is 232 Å². The van der Waals surface area contributed by atoms with E-state index in [2.05, 4.69) is 190 Å². The standard InChI is InChI=1S/C9H10F3N.4C9H13N.C8H10ClN.3C8H10FN.C8H11N/c1-6(2)8-4-3-7(5-13-8)9(10,11)12;1-7(2)9-6-8(3)4-5-10-9;1-7(2)9-5-4-8(3)6-10-9;1-7(2)9-8(3)5-4-6-10-9;1-7(2)9-6-4-5-8(3)10-9;1-6(2)8-4-3-7(9)5-10-8;1-6(2)8-5-7(9)3-4-10-8;1-6(2)8-4-3-7(9)5-10-8;1-6(2)7-4-3-5-8(9)10-7;1-7(2)8-5-3-4-6-9-8/h3-6H,1-2H3;4*4-7H,1-3H3;4*3-6H,1-2H3;3-7H,1-2H3. The van der Waals surface area contributed by atoms with Gasteiger partial charge in [-0.25, -0.2) is 13.8 Å². The van der Waals surface area contributed by atoms with Gasteiger partial charge in [0, 0.05) is 106 Å². The molecule has 0 unspecified atom stereocenters. The Bertz CT molecular complexity index is 3490. The van der Waals surface area contributed by atoms with E-state index in [9.17, 15) is 26.3 Å². The molecule has 0 aromatic carbocycles. The van der Waals surface area contributed by atoms with Crippen molar-refractivity contribution in [3.63, 3.8) is 0 Å². The first-order chi connectivity index (χ1) is 47.8. The number of rotatable bonds is 10. The summed E-state index contributed by atoms with van der Waals surface area (Å²) in [7, 11) is 0. The van der Waals surface area contributed by atoms with E-state index in [0.717, 1.165) is 46.4 Å². The van der Waals surface area contributed by atoms with E-state index >= 15 is 0 Å². The fourth-order valence-corrected chi connectivity index (χ4v) is 8.37. The third-order valence-electron chi connectivity index (χ3n) is 14.5. The molecule has 102 heavy (non-hydrogen) atoms. The molecule has 0 aliphatic rings. The Morgan fingerprint density at radius 2 is 0.735 bits per heavy atom. The summed E-state index contributed by atoms with van der Waals surface area (Å²) in [5.41, 5.74) is 14.4. The molecule has 17 heteroatoms. The van der Waals surface area contributed by atoms with E-state index in [1.54, 1.807) is 18.3 Å². The van der Waals surface area contributed by atoms with Gasteiger partial charge in [0.2, 0.25) is 5.95 Å². The predicted molar refractivity (Wildman–Crippen MR) is 412 cm³/mol. The highest BCUT2D eigenvalue weighted by molar-refractivity contribution is 6.30. The Morgan fingerprint density at radius 3 is 1.07 bits per heavy atom. The molecular weight excluding hydrogens is 1310 g/mol. The maximum Gasteiger partial charge on any atom is 0.417 e. The van der Waals surface area contributed by atoms with E-state index in [0.29, 0.717) is 64.0 Å². The maximum atomic E-state index is 12.5. The van der Waals surface area contributed by atoms with E-state index in [1.807, 2.05) is 142 Å². The number of pyridine rings is 10. The highest BCUT2D eigenvalue weighted by atomic mass is 35.5. The first kappa shape index (κ1) is 91.4. The Kier molecular flexibility index (Phi) is 44.0. The summed E-state index contributed by atoms with van der Waals surface area (Å²) in [4.78, 5) is 40.8. The SMILES string of the molecule is CC(C)c1cc(F)ccn1.CC(C)c1ccc(C(F)(F)F)cn1.CC(C)c1ccc(Cl)cn1.CC(C)c1ccc(F)cn1.CC(C)c1cccc(F)n1.CC(C)c1ccccn1.Cc1ccc(C(C)C)nc1.Cc1cccc(C(C)C)n1.Cc1cccnc1C(C)C.Cc1ccnc(C(C)C)c1. The number of halogens is 7. The van der Waals surface area contributed by atoms with Crippen molar-refractivity contribution in [3.05, 3.63) is 297 Å². The van der Waals surface area contributed by atoms with Gasteiger partial charge < -0.3 is 0 Å². The van der Waals surface area contributed by atoms with Gasteiger partial charge in [-0.15, -0.1) is 0 Å². The largest absolute Gasteiger partial charge is 0.417 e. The third-order valence-corrected chi connectivity index (χ3v) is 14.7. The minimum Gasteiger partial charge on any atom is -0.261 e. The Balaban J connectivity index is 0.000000567. The van der Waals surface area contributed by atoms with Crippen LogP contribution in [0.3, 0.4) is 0 Å². The van der Waals surface area contributed by atoms with Crippen LogP contribution in [0.5, 0.6) is 0 Å². The monoisotopic (exact) mass is 1420 g/mol. The van der Waals surface area contributed by atoms with Crippen LogP contribution in [0.25, 0.3) is 0 Å². The molecule has 0 saturated carbocycles. The molecule has 0 bridgehead atoms. The van der Waals surface area contributed by atoms with Gasteiger partial charge in [-0.2, -0.15) is 17.6 Å². The number of aromatic nitrogens is 10. The lowest BCUT2D eigenvalue weighted by atomic mass is 10.1. The fraction of sp³-hybridized carbons (Fsp3) is 0.412. The molecule has 0 saturated heterocycles. The maximum absolute atomic E-state index is 12.5. The molecule has 10 nitrogen and oxygen atoms in total. The molecule has 0 aliphatic carbocycles. The lowest BCUT2D eigenvalue weighted by molar-refractivity contribution is -0.137. The van der Waals surface area contributed by atoms with Gasteiger partial charge in [-0.1, -0.05) is 180 Å². The zero-order chi connectivity index (χ0) is 77.2. The molecule has 0 atom stereocenters. The highest BCUT2D eigenvalue weighted by Gasteiger charge is 2.30. The normalized spacial score (nSPS) is 10.6. The quantitative estimate of drug-likeness (QED) is 0.0964. The van der Waals surface area contributed by atoms with E-state index in [-0.39, 0.29) is 17.6 Å². The summed E-state index contributed by atoms with van der Waals surface area (Å²) in [6.45, 7) is 49.8. The van der Waals surface area contributed by atoms with Gasteiger partial charge >= 0.3 is 6.18 Å². The Morgan fingerprint density at radius 1 is 0.304 bits per heavy atom. The van der Waals surface area contributed by atoms with Crippen LogP contribution in [0.2, 0.25) is 5.02 Å². The molecule has 0 amide bonds. The van der Waals surface area contributed by atoms with Crippen molar-refractivity contribution >= 4 is 11.6 Å². The van der Waals surface area contributed by atoms with Crippen LogP contribution in [-0.2, 0) is 6.18 Å². The number of nitrogens with zero attached hydrogens (tertiary/aromatic N) is 10. The number of alkyl halides is 3. The van der Waals surface area contributed by atoms with E-state index in [4.69, 9.17) is 11.6 Å². The Labute approximate surface area is 612 Å². The third kappa shape index (κ3) is 40.1. The molecule has 10 heterocycles. The molecule has 10 rings (SSSR count). The van der Waals surface area contributed by atoms with Crippen molar-refractivity contribution < 1.29 is 26.3 Å². The van der Waals surface area contributed by atoms with Crippen molar-refractivity contribution in [2.24, 2.45) is 0 Å². The average Bonchev–Trinajstić information content (AvgIpc) is 0.862. The summed E-state index contributed by atoms with van der Waals surface area (Å²) in [6, 6.07) is 41.6. The smallest absolute Gasteiger partial charge is 0.261 e. The topological polar surface area (TPSA) is 129 Å². The summed E-state index contributed by atoms with van der Waals surface area (Å²) < 4.78 is 73.4. The number of aryl methyl sites for hydroxylation is 4. The summed E-state index contributed by atoms with van der Waals surface area (Å²) in [6.07, 6.45) is 8.45. The van der Waals surface area contributed by atoms with Crippen molar-refractivity contribution in [1.29, 1.82) is 0 Å². The molecule has 0 aliphatic heterocycles. The zero-order valence-electron chi connectivity index (χ0n) is 64.8. The molecule has 10 aromatic heterocycles. The molecular formula is C85H113ClF6N10. The van der Waals surface area contributed by atoms with Gasteiger partial charge in [-0.3, -0.25) is 44.9 Å². The summed E-state index contributed by atoms with van der Waals surface area (Å²) >= 11 is 5.65. The number of hydrogen-bond donors (Lipinski definition) is 0. The molecule has 552 valence electrons. The average molecular weight is 1420 g/mol. The molecule has 0 fully saturated rings. The second-order valence-corrected chi connectivity index (χ2v) is 27.7. The Hall–Kier alpha value is -8.63. The van der Waals surface area contributed by atoms with Crippen molar-refractivity contribution in [2.75, 3.05) is 0 Å². The van der Waals surface area contributed by atoms with Crippen LogP contribution in [0.4, 0.5) is 26.3 Å². The van der Waals surface area contributed by atoms with Gasteiger partial charge in [0.25, 0.3) is 0 Å². The van der Waals surface area contributed by atoms with Gasteiger partial charge in [0.1, 0.15) is 11.6 Å². The predicted octanol–water partition coefficient (Wildman–Crippen LogP) is 25.4. The van der Waals surface area contributed by atoms with Gasteiger partial charge in [-0.05, 0) is 213 Å². The van der Waals surface area contributed by atoms with E-state index in [1.165, 1.54) is 82.2 Å². The van der Waals surface area contributed by atoms with Crippen molar-refractivity contribution in [1.82, 2.24) is 49.8 Å². The van der Waals surface area contributed by atoms with Crippen LogP contribution in [0.15, 0.2) is 189 Å². The van der Waals surface area contributed by atoms with Crippen LogP contribution in [0.1, 0.15) is 283 Å². The fourth-order valence-electron chi connectivity index (χ4n) is 8.26. The first-order valence-electron chi connectivity index (χ1n) is 34.9. The molecule has 0 spiro atoms. The minimum absolute atomic E-state index is 0.155. The van der Waals surface area contributed by atoms with Gasteiger partial charge in [0.05, 0.1) is 16.8 Å². The lowest BCUT2D eigenvalue weighted by Gasteiger charge is -2.08. The molecule has 0 radical (unpaired) electrons. The number of hydrogen-bond acceptors (Lipinski definition) is 10. The summed E-state index contributed by atoms with van der Waals surface area (Å²) in [5, 5.41) is 0.699.